The molecule has 1 rings (SSSR count). The summed E-state index contributed by atoms with van der Waals surface area (Å²) >= 11 is 0. The molecule has 1 heterocycles. The third-order valence-electron chi connectivity index (χ3n) is 2.58. The molecule has 1 N–H and O–H groups in total. The van der Waals surface area contributed by atoms with Crippen LogP contribution in [-0.4, -0.2) is 44.1 Å². The number of esters is 1. The highest BCUT2D eigenvalue weighted by Gasteiger charge is 2.36. The zero-order valence-corrected chi connectivity index (χ0v) is 10.8. The van der Waals surface area contributed by atoms with E-state index in [2.05, 4.69) is 5.32 Å². The highest BCUT2D eigenvalue weighted by Crippen LogP contribution is 2.16. The molecule has 0 amide bonds. The lowest BCUT2D eigenvalue weighted by Crippen LogP contribution is -2.52. The summed E-state index contributed by atoms with van der Waals surface area (Å²) in [5.74, 6) is -0.0429. The van der Waals surface area contributed by atoms with Gasteiger partial charge in [0.15, 0.2) is 9.84 Å². The number of carbonyl (C=O) groups excluding carboxylic acids is 1. The van der Waals surface area contributed by atoms with Crippen LogP contribution in [0.5, 0.6) is 0 Å². The van der Waals surface area contributed by atoms with Gasteiger partial charge in [0.1, 0.15) is 5.54 Å². The molecular weight excluding hydrogens is 230 g/mol. The predicted octanol–water partition coefficient (Wildman–Crippen LogP) is 0.105. The van der Waals surface area contributed by atoms with Crippen LogP contribution < -0.4 is 5.32 Å². The quantitative estimate of drug-likeness (QED) is 0.716. The van der Waals surface area contributed by atoms with Crippen molar-refractivity contribution in [3.8, 4) is 0 Å². The molecule has 0 aromatic carbocycles. The number of hydrogen-bond donors (Lipinski definition) is 1. The van der Waals surface area contributed by atoms with Crippen molar-refractivity contribution >= 4 is 15.8 Å². The van der Waals surface area contributed by atoms with E-state index in [0.717, 1.165) is 0 Å². The van der Waals surface area contributed by atoms with E-state index in [4.69, 9.17) is 4.74 Å². The Bertz CT molecular complexity index is 361. The number of ether oxygens (including phenoxy) is 1. The van der Waals surface area contributed by atoms with Gasteiger partial charge in [-0.1, -0.05) is 0 Å². The molecule has 0 bridgehead atoms. The molecule has 6 heteroatoms. The molecule has 1 fully saturated rings. The second kappa shape index (κ2) is 4.71. The summed E-state index contributed by atoms with van der Waals surface area (Å²) < 4.78 is 27.5. The fourth-order valence-electron chi connectivity index (χ4n) is 1.79. The van der Waals surface area contributed by atoms with Crippen molar-refractivity contribution in [3.63, 3.8) is 0 Å². The molecule has 1 unspecified atom stereocenters. The van der Waals surface area contributed by atoms with Crippen molar-refractivity contribution < 1.29 is 17.9 Å². The minimum absolute atomic E-state index is 0.107. The maximum Gasteiger partial charge on any atom is 0.325 e. The molecule has 0 radical (unpaired) electrons. The topological polar surface area (TPSA) is 72.5 Å². The van der Waals surface area contributed by atoms with Crippen LogP contribution in [0.2, 0.25) is 0 Å². The van der Waals surface area contributed by atoms with Crippen molar-refractivity contribution in [3.05, 3.63) is 0 Å². The number of rotatable bonds is 4. The molecule has 94 valence electrons. The molecule has 1 saturated heterocycles. The molecular formula is C10H19NO4S. The Morgan fingerprint density at radius 3 is 2.56 bits per heavy atom. The van der Waals surface area contributed by atoms with E-state index in [1.807, 2.05) is 0 Å². The molecule has 1 aliphatic heterocycles. The fourth-order valence-corrected chi connectivity index (χ4v) is 3.46. The van der Waals surface area contributed by atoms with Crippen LogP contribution in [0, 0.1) is 0 Å². The lowest BCUT2D eigenvalue weighted by Gasteiger charge is -2.27. The second-order valence-corrected chi connectivity index (χ2v) is 6.82. The zero-order chi connectivity index (χ0) is 12.4. The van der Waals surface area contributed by atoms with Crippen molar-refractivity contribution in [2.24, 2.45) is 0 Å². The predicted molar refractivity (Wildman–Crippen MR) is 60.9 cm³/mol. The van der Waals surface area contributed by atoms with Gasteiger partial charge < -0.3 is 4.74 Å². The first-order chi connectivity index (χ1) is 7.27. The lowest BCUT2D eigenvalue weighted by molar-refractivity contribution is -0.150. The molecule has 0 aromatic rings. The number of nitrogens with one attached hydrogen (secondary N) is 1. The maximum absolute atomic E-state index is 11.6. The van der Waals surface area contributed by atoms with Crippen molar-refractivity contribution in [1.82, 2.24) is 5.32 Å². The third kappa shape index (κ3) is 3.45. The van der Waals surface area contributed by atoms with Crippen LogP contribution >= 0.6 is 0 Å². The van der Waals surface area contributed by atoms with Gasteiger partial charge in [0, 0.05) is 6.04 Å². The van der Waals surface area contributed by atoms with E-state index in [1.165, 1.54) is 0 Å². The molecule has 0 spiro atoms. The Morgan fingerprint density at radius 1 is 1.50 bits per heavy atom. The zero-order valence-electron chi connectivity index (χ0n) is 9.95. The maximum atomic E-state index is 11.6. The minimum Gasteiger partial charge on any atom is -0.465 e. The highest BCUT2D eigenvalue weighted by atomic mass is 32.2. The first kappa shape index (κ1) is 13.4. The third-order valence-corrected chi connectivity index (χ3v) is 4.35. The summed E-state index contributed by atoms with van der Waals surface area (Å²) in [7, 11) is -2.92. The summed E-state index contributed by atoms with van der Waals surface area (Å²) in [5.41, 5.74) is -0.833. The number of carbonyl (C=O) groups is 1. The minimum atomic E-state index is -2.92. The van der Waals surface area contributed by atoms with E-state index < -0.39 is 15.4 Å². The average molecular weight is 249 g/mol. The van der Waals surface area contributed by atoms with Gasteiger partial charge in [0.2, 0.25) is 0 Å². The van der Waals surface area contributed by atoms with E-state index in [0.29, 0.717) is 13.0 Å². The van der Waals surface area contributed by atoms with E-state index in [1.54, 1.807) is 20.8 Å². The first-order valence-electron chi connectivity index (χ1n) is 5.42. The lowest BCUT2D eigenvalue weighted by atomic mass is 10.0. The van der Waals surface area contributed by atoms with Gasteiger partial charge >= 0.3 is 5.97 Å². The van der Waals surface area contributed by atoms with Crippen molar-refractivity contribution in [1.29, 1.82) is 0 Å². The van der Waals surface area contributed by atoms with Crippen LogP contribution in [0.4, 0.5) is 0 Å². The van der Waals surface area contributed by atoms with Crippen LogP contribution in [0.1, 0.15) is 27.2 Å². The van der Waals surface area contributed by atoms with Gasteiger partial charge in [0.05, 0.1) is 18.1 Å². The standard InChI is InChI=1S/C10H19NO4S/c1-4-15-9(12)10(2,3)11-8-5-6-16(13,14)7-8/h8,11H,4-7H2,1-3H3. The molecule has 1 atom stereocenters. The molecule has 0 aromatic heterocycles. The fraction of sp³-hybridized carbons (Fsp3) is 0.900. The van der Waals surface area contributed by atoms with Crippen LogP contribution in [0.3, 0.4) is 0 Å². The molecule has 5 nitrogen and oxygen atoms in total. The van der Waals surface area contributed by atoms with Crippen molar-refractivity contribution in [2.45, 2.75) is 38.8 Å². The summed E-state index contributed by atoms with van der Waals surface area (Å²) in [6.07, 6.45) is 0.561. The Balaban J connectivity index is 2.57. The normalized spacial score (nSPS) is 24.3. The van der Waals surface area contributed by atoms with Crippen LogP contribution in [-0.2, 0) is 19.4 Å². The highest BCUT2D eigenvalue weighted by molar-refractivity contribution is 7.91. The summed E-state index contributed by atoms with van der Waals surface area (Å²) in [6.45, 7) is 5.48. The van der Waals surface area contributed by atoms with Gasteiger partial charge in [-0.2, -0.15) is 0 Å². The van der Waals surface area contributed by atoms with Gasteiger partial charge in [-0.25, -0.2) is 8.42 Å². The Labute approximate surface area is 96.5 Å². The summed E-state index contributed by atoms with van der Waals surface area (Å²) in [5, 5.41) is 3.04. The monoisotopic (exact) mass is 249 g/mol. The molecule has 16 heavy (non-hydrogen) atoms. The van der Waals surface area contributed by atoms with Gasteiger partial charge in [-0.15, -0.1) is 0 Å². The van der Waals surface area contributed by atoms with E-state index in [-0.39, 0.29) is 23.5 Å². The molecule has 0 aliphatic carbocycles. The summed E-state index contributed by atoms with van der Waals surface area (Å²) in [6, 6.07) is -0.149. The Kier molecular flexibility index (Phi) is 3.96. The molecule has 1 aliphatic rings. The van der Waals surface area contributed by atoms with Crippen LogP contribution in [0.25, 0.3) is 0 Å². The van der Waals surface area contributed by atoms with Crippen molar-refractivity contribution in [2.75, 3.05) is 18.1 Å². The van der Waals surface area contributed by atoms with E-state index in [9.17, 15) is 13.2 Å². The van der Waals surface area contributed by atoms with E-state index >= 15 is 0 Å². The van der Waals surface area contributed by atoms with Gasteiger partial charge in [-0.3, -0.25) is 10.1 Å². The molecule has 0 saturated carbocycles. The second-order valence-electron chi connectivity index (χ2n) is 4.59. The average Bonchev–Trinajstić information content (AvgIpc) is 2.45. The van der Waals surface area contributed by atoms with Gasteiger partial charge in [0.25, 0.3) is 0 Å². The SMILES string of the molecule is CCOC(=O)C(C)(C)NC1CCS(=O)(=O)C1. The first-order valence-corrected chi connectivity index (χ1v) is 7.24. The Hall–Kier alpha value is -0.620. The summed E-state index contributed by atoms with van der Waals surface area (Å²) in [4.78, 5) is 11.6. The van der Waals surface area contributed by atoms with Gasteiger partial charge in [-0.05, 0) is 27.2 Å². The smallest absolute Gasteiger partial charge is 0.325 e. The largest absolute Gasteiger partial charge is 0.465 e. The number of hydrogen-bond acceptors (Lipinski definition) is 5. The number of sulfone groups is 1. The van der Waals surface area contributed by atoms with Crippen LogP contribution in [0.15, 0.2) is 0 Å². The Morgan fingerprint density at radius 2 is 2.12 bits per heavy atom.